The average molecular weight is 765 g/mol. The van der Waals surface area contributed by atoms with Gasteiger partial charge >= 0.3 is 25.8 Å². The van der Waals surface area contributed by atoms with E-state index in [1.807, 2.05) is 0 Å². The van der Waals surface area contributed by atoms with Crippen molar-refractivity contribution in [2.45, 2.75) is 34.2 Å². The van der Waals surface area contributed by atoms with Gasteiger partial charge in [-0.3, -0.25) is 0 Å². The Morgan fingerprint density at radius 3 is 1.24 bits per heavy atom. The summed E-state index contributed by atoms with van der Waals surface area (Å²) in [5.41, 5.74) is 10.7. The summed E-state index contributed by atoms with van der Waals surface area (Å²) in [6.45, 7) is 11.5. The molecule has 0 saturated heterocycles. The summed E-state index contributed by atoms with van der Waals surface area (Å²) >= 11 is 0. The molecule has 7 aromatic carbocycles. The first kappa shape index (κ1) is 34.3. The molecule has 0 aliphatic rings. The van der Waals surface area contributed by atoms with Gasteiger partial charge in [-0.2, -0.15) is 12.1 Å². The Morgan fingerprint density at radius 1 is 0.467 bits per heavy atom. The van der Waals surface area contributed by atoms with Crippen molar-refractivity contribution in [3.8, 4) is 22.3 Å². The third-order valence-corrected chi connectivity index (χ3v) is 13.9. The predicted molar refractivity (Wildman–Crippen MR) is 199 cm³/mol. The molecular formula is C43H42HfSi. The monoisotopic (exact) mass is 766 g/mol. The first-order chi connectivity index (χ1) is 20.4. The van der Waals surface area contributed by atoms with Crippen LogP contribution in [-0.2, 0) is 25.8 Å². The smallest absolute Gasteiger partial charge is 0.358 e. The van der Waals surface area contributed by atoms with Crippen LogP contribution >= 0.6 is 0 Å². The van der Waals surface area contributed by atoms with E-state index in [9.17, 15) is 0 Å². The van der Waals surface area contributed by atoms with Crippen LogP contribution in [0.25, 0.3) is 43.8 Å². The van der Waals surface area contributed by atoms with Gasteiger partial charge in [0.1, 0.15) is 8.07 Å². The first-order valence-corrected chi connectivity index (χ1v) is 17.4. The Hall–Kier alpha value is -3.59. The summed E-state index contributed by atoms with van der Waals surface area (Å²) < 4.78 is 0. The van der Waals surface area contributed by atoms with Crippen molar-refractivity contribution in [1.82, 2.24) is 0 Å². The molecule has 0 nitrogen and oxygen atoms in total. The first-order valence-electron chi connectivity index (χ1n) is 14.9. The van der Waals surface area contributed by atoms with Gasteiger partial charge in [0, 0.05) is 0 Å². The summed E-state index contributed by atoms with van der Waals surface area (Å²) in [4.78, 5) is 0. The van der Waals surface area contributed by atoms with Gasteiger partial charge in [-0.15, -0.1) is 68.3 Å². The quantitative estimate of drug-likeness (QED) is 0.121. The third kappa shape index (κ3) is 5.68. The molecule has 0 unspecified atom stereocenters. The second kappa shape index (κ2) is 13.4. The Labute approximate surface area is 290 Å². The second-order valence-corrected chi connectivity index (χ2v) is 16.1. The minimum Gasteiger partial charge on any atom is -0.358 e. The van der Waals surface area contributed by atoms with E-state index in [-0.39, 0.29) is 40.7 Å². The fraction of sp³-hybridized carbons (Fsp3) is 0.116. The van der Waals surface area contributed by atoms with E-state index in [4.69, 9.17) is 0 Å². The van der Waals surface area contributed by atoms with Crippen LogP contribution in [0.15, 0.2) is 127 Å². The van der Waals surface area contributed by atoms with Crippen molar-refractivity contribution >= 4 is 45.2 Å². The van der Waals surface area contributed by atoms with Gasteiger partial charge in [-0.1, -0.05) is 102 Å². The molecular weight excluding hydrogens is 723 g/mol. The van der Waals surface area contributed by atoms with Crippen molar-refractivity contribution in [3.05, 3.63) is 165 Å². The SMILES string of the molecule is Cc1cccc(C)c1-c1cccc2[cH-]c([Si](C)(c3ccccc3)c3cc4c(-c5c(C)cccc5C)cccc4[cH-]3)cc12.[CH3-].[CH3-].[Hf+4]. The van der Waals surface area contributed by atoms with E-state index >= 15 is 0 Å². The molecule has 0 amide bonds. The largest absolute Gasteiger partial charge is 4.00 e. The van der Waals surface area contributed by atoms with Crippen LogP contribution in [0.4, 0.5) is 0 Å². The van der Waals surface area contributed by atoms with Crippen LogP contribution < -0.4 is 15.6 Å². The normalized spacial score (nSPS) is 11.1. The van der Waals surface area contributed by atoms with Crippen LogP contribution in [0, 0.1) is 42.5 Å². The Balaban J connectivity index is 0.00000154. The number of hydrogen-bond acceptors (Lipinski definition) is 0. The molecule has 2 heteroatoms. The van der Waals surface area contributed by atoms with E-state index < -0.39 is 8.07 Å². The maximum Gasteiger partial charge on any atom is 4.00 e. The molecule has 0 aliphatic heterocycles. The van der Waals surface area contributed by atoms with Crippen LogP contribution in [0.2, 0.25) is 6.55 Å². The van der Waals surface area contributed by atoms with Crippen molar-refractivity contribution in [2.75, 3.05) is 0 Å². The summed E-state index contributed by atoms with van der Waals surface area (Å²) in [7, 11) is -2.35. The second-order valence-electron chi connectivity index (χ2n) is 12.1. The van der Waals surface area contributed by atoms with Crippen LogP contribution in [0.3, 0.4) is 0 Å². The van der Waals surface area contributed by atoms with E-state index in [2.05, 4.69) is 162 Å². The van der Waals surface area contributed by atoms with Crippen LogP contribution in [0.5, 0.6) is 0 Å². The molecule has 0 N–H and O–H groups in total. The zero-order chi connectivity index (χ0) is 29.0. The molecule has 0 aliphatic carbocycles. The van der Waals surface area contributed by atoms with Gasteiger partial charge in [0.2, 0.25) is 0 Å². The number of benzene rings is 5. The summed E-state index contributed by atoms with van der Waals surface area (Å²) in [5.74, 6) is 0. The molecule has 7 rings (SSSR count). The molecule has 0 saturated carbocycles. The molecule has 0 radical (unpaired) electrons. The number of hydrogen-bond donors (Lipinski definition) is 0. The van der Waals surface area contributed by atoms with Crippen molar-refractivity contribution in [2.24, 2.45) is 0 Å². The minimum atomic E-state index is -2.35. The average Bonchev–Trinajstić information content (AvgIpc) is 3.63. The molecule has 0 atom stereocenters. The summed E-state index contributed by atoms with van der Waals surface area (Å²) in [6.07, 6.45) is 0. The summed E-state index contributed by atoms with van der Waals surface area (Å²) in [5, 5.41) is 9.73. The zero-order valence-corrected chi connectivity index (χ0v) is 32.2. The molecule has 45 heavy (non-hydrogen) atoms. The van der Waals surface area contributed by atoms with Gasteiger partial charge < -0.3 is 14.9 Å². The topological polar surface area (TPSA) is 0 Å². The van der Waals surface area contributed by atoms with Crippen molar-refractivity contribution < 1.29 is 25.8 Å². The van der Waals surface area contributed by atoms with E-state index in [1.165, 1.54) is 81.6 Å². The maximum absolute atomic E-state index is 2.54. The number of fused-ring (bicyclic) bond motifs is 2. The van der Waals surface area contributed by atoms with E-state index in [0.717, 1.165) is 0 Å². The van der Waals surface area contributed by atoms with Crippen LogP contribution in [-0.4, -0.2) is 8.07 Å². The van der Waals surface area contributed by atoms with Crippen LogP contribution in [0.1, 0.15) is 22.3 Å². The molecule has 0 heterocycles. The van der Waals surface area contributed by atoms with Gasteiger partial charge in [0.15, 0.2) is 0 Å². The Kier molecular flexibility index (Phi) is 10.2. The Bertz CT molecular complexity index is 1920. The minimum absolute atomic E-state index is 0. The maximum atomic E-state index is 2.54. The fourth-order valence-electron chi connectivity index (χ4n) is 7.23. The standard InChI is InChI=1S/C41H36Si.2CH3.Hf/c1-27-13-9-14-28(2)40(27)36-21-11-17-31-23-34(25-38(31)36)42(5,33-19-7-6-8-20-33)35-24-32-18-12-22-37(39(32)26-35)41-29(3)15-10-16-30(41)4;;;/h6-26H,1-5H3;2*1H3;/q-2;2*-1;+4. The molecule has 0 spiro atoms. The number of aryl methyl sites for hydroxylation is 4. The molecule has 0 fully saturated rings. The predicted octanol–water partition coefficient (Wildman–Crippen LogP) is 10.00. The van der Waals surface area contributed by atoms with Crippen molar-refractivity contribution in [1.29, 1.82) is 0 Å². The van der Waals surface area contributed by atoms with Gasteiger partial charge in [-0.25, -0.2) is 0 Å². The van der Waals surface area contributed by atoms with E-state index in [0.29, 0.717) is 0 Å². The van der Waals surface area contributed by atoms with E-state index in [1.54, 1.807) is 0 Å². The van der Waals surface area contributed by atoms with Gasteiger partial charge in [0.25, 0.3) is 0 Å². The number of rotatable bonds is 5. The molecule has 0 aromatic heterocycles. The molecule has 7 aromatic rings. The Morgan fingerprint density at radius 2 is 0.844 bits per heavy atom. The zero-order valence-electron chi connectivity index (χ0n) is 27.6. The van der Waals surface area contributed by atoms with Gasteiger partial charge in [0.05, 0.1) is 0 Å². The fourth-order valence-corrected chi connectivity index (χ4v) is 10.8. The summed E-state index contributed by atoms with van der Waals surface area (Å²) in [6, 6.07) is 48.1. The van der Waals surface area contributed by atoms with Crippen molar-refractivity contribution in [3.63, 3.8) is 0 Å². The third-order valence-electron chi connectivity index (χ3n) is 9.51. The van der Waals surface area contributed by atoms with Gasteiger partial charge in [-0.05, 0) is 61.1 Å². The molecule has 0 bridgehead atoms. The molecule has 222 valence electrons.